The van der Waals surface area contributed by atoms with Crippen LogP contribution < -0.4 is 0 Å². The summed E-state index contributed by atoms with van der Waals surface area (Å²) in [5.74, 6) is 0. The second-order valence-electron chi connectivity index (χ2n) is 5.74. The van der Waals surface area contributed by atoms with Gasteiger partial charge >= 0.3 is 0 Å². The summed E-state index contributed by atoms with van der Waals surface area (Å²) in [6.45, 7) is 6.03. The van der Waals surface area contributed by atoms with Gasteiger partial charge in [0.05, 0.1) is 5.69 Å². The van der Waals surface area contributed by atoms with Gasteiger partial charge in [-0.05, 0) is 31.0 Å². The van der Waals surface area contributed by atoms with Crippen LogP contribution in [0.1, 0.15) is 50.9 Å². The predicted molar refractivity (Wildman–Crippen MR) is 68.4 cm³/mol. The van der Waals surface area contributed by atoms with Crippen LogP contribution >= 0.6 is 0 Å². The van der Waals surface area contributed by atoms with Gasteiger partial charge in [-0.2, -0.15) is 0 Å². The summed E-state index contributed by atoms with van der Waals surface area (Å²) in [6.07, 6.45) is 4.55. The lowest BCUT2D eigenvalue weighted by atomic mass is 9.47. The van der Waals surface area contributed by atoms with Crippen molar-refractivity contribution >= 4 is 7.28 Å². The van der Waals surface area contributed by atoms with E-state index in [-0.39, 0.29) is 0 Å². The van der Waals surface area contributed by atoms with Crippen molar-refractivity contribution in [2.45, 2.75) is 63.8 Å². The van der Waals surface area contributed by atoms with Crippen molar-refractivity contribution in [3.05, 3.63) is 11.4 Å². The summed E-state index contributed by atoms with van der Waals surface area (Å²) in [5, 5.41) is 10.3. The number of hydrogen-bond acceptors (Lipinski definition) is 2. The molecule has 5 heteroatoms. The molecule has 0 saturated carbocycles. The number of halogens is 1. The van der Waals surface area contributed by atoms with E-state index in [0.717, 1.165) is 38.7 Å². The van der Waals surface area contributed by atoms with Crippen molar-refractivity contribution in [3.63, 3.8) is 0 Å². The largest absolute Gasteiger partial charge is 0.262 e. The normalized spacial score (nSPS) is 25.9. The van der Waals surface area contributed by atoms with Gasteiger partial charge in [0.25, 0.3) is 0 Å². The molecule has 1 N–H and O–H groups in total. The van der Waals surface area contributed by atoms with Crippen LogP contribution in [0.25, 0.3) is 0 Å². The van der Waals surface area contributed by atoms with Crippen LogP contribution in [-0.2, 0) is 12.1 Å². The highest BCUT2D eigenvalue weighted by Crippen LogP contribution is 2.52. The van der Waals surface area contributed by atoms with Gasteiger partial charge in [0, 0.05) is 0 Å². The smallest absolute Gasteiger partial charge is 0.154 e. The fourth-order valence-electron chi connectivity index (χ4n) is 2.65. The maximum Gasteiger partial charge on any atom is 0.154 e. The highest BCUT2D eigenvalue weighted by Gasteiger charge is 2.49. The highest BCUT2D eigenvalue weighted by molar-refractivity contribution is 6.38. The Kier molecular flexibility index (Phi) is 3.28. The number of rotatable bonds is 2. The SMILES string of the molecule is CBC(C)(C)C1(F)CCCCCc2[nH]nnc21. The Bertz CT molecular complexity index is 391. The molecule has 1 aromatic heterocycles. The molecule has 0 aromatic carbocycles. The molecule has 2 rings (SSSR count). The van der Waals surface area contributed by atoms with E-state index in [1.54, 1.807) is 0 Å². The molecule has 1 aromatic rings. The topological polar surface area (TPSA) is 41.6 Å². The molecule has 1 heterocycles. The van der Waals surface area contributed by atoms with Crippen LogP contribution in [0.15, 0.2) is 0 Å². The molecule has 0 bridgehead atoms. The van der Waals surface area contributed by atoms with Crippen LogP contribution in [0.5, 0.6) is 0 Å². The van der Waals surface area contributed by atoms with Gasteiger partial charge in [0.2, 0.25) is 0 Å². The number of nitrogens with zero attached hydrogens (tertiary/aromatic N) is 2. The molecule has 17 heavy (non-hydrogen) atoms. The van der Waals surface area contributed by atoms with Crippen LogP contribution in [0.2, 0.25) is 12.1 Å². The minimum atomic E-state index is -1.34. The molecule has 0 radical (unpaired) electrons. The van der Waals surface area contributed by atoms with Gasteiger partial charge in [0.15, 0.2) is 5.67 Å². The lowest BCUT2D eigenvalue weighted by molar-refractivity contribution is 0.0845. The molecule has 1 atom stereocenters. The van der Waals surface area contributed by atoms with Crippen molar-refractivity contribution in [1.82, 2.24) is 15.4 Å². The maximum absolute atomic E-state index is 15.5. The average Bonchev–Trinajstić information content (AvgIpc) is 2.73. The Morgan fingerprint density at radius 2 is 2.12 bits per heavy atom. The Balaban J connectivity index is 2.47. The number of nitrogens with one attached hydrogen (secondary N) is 1. The molecular weight excluding hydrogens is 216 g/mol. The molecule has 0 spiro atoms. The number of aromatic nitrogens is 3. The van der Waals surface area contributed by atoms with Crippen molar-refractivity contribution < 1.29 is 4.39 Å². The first-order valence-corrected chi connectivity index (χ1v) is 6.60. The Labute approximate surface area is 103 Å². The number of aryl methyl sites for hydroxylation is 1. The first-order chi connectivity index (χ1) is 8.01. The molecule has 0 saturated heterocycles. The second kappa shape index (κ2) is 4.43. The molecule has 1 aliphatic carbocycles. The molecule has 94 valence electrons. The van der Waals surface area contributed by atoms with Gasteiger partial charge in [0.1, 0.15) is 13.0 Å². The fraction of sp³-hybridized carbons (Fsp3) is 0.833. The summed E-state index contributed by atoms with van der Waals surface area (Å²) >= 11 is 0. The summed E-state index contributed by atoms with van der Waals surface area (Å²) in [4.78, 5) is 0. The number of alkyl halides is 1. The van der Waals surface area contributed by atoms with Gasteiger partial charge in [-0.1, -0.05) is 32.3 Å². The highest BCUT2D eigenvalue weighted by atomic mass is 19.1. The first-order valence-electron chi connectivity index (χ1n) is 6.60. The third-order valence-electron chi connectivity index (χ3n) is 4.40. The molecule has 0 fully saturated rings. The summed E-state index contributed by atoms with van der Waals surface area (Å²) in [7, 11) is 0.801. The van der Waals surface area contributed by atoms with E-state index in [4.69, 9.17) is 0 Å². The first kappa shape index (κ1) is 12.6. The van der Waals surface area contributed by atoms with Crippen molar-refractivity contribution in [3.8, 4) is 0 Å². The van der Waals surface area contributed by atoms with Crippen LogP contribution in [0, 0.1) is 0 Å². The molecule has 0 aliphatic heterocycles. The summed E-state index contributed by atoms with van der Waals surface area (Å²) < 4.78 is 15.5. The van der Waals surface area contributed by atoms with Gasteiger partial charge < -0.3 is 0 Å². The van der Waals surface area contributed by atoms with Crippen molar-refractivity contribution in [2.75, 3.05) is 0 Å². The lowest BCUT2D eigenvalue weighted by Crippen LogP contribution is -2.38. The van der Waals surface area contributed by atoms with E-state index in [9.17, 15) is 0 Å². The zero-order chi connectivity index (χ0) is 12.5. The minimum absolute atomic E-state index is 0.393. The van der Waals surface area contributed by atoms with E-state index in [1.165, 1.54) is 0 Å². The van der Waals surface area contributed by atoms with E-state index in [1.807, 2.05) is 20.7 Å². The fourth-order valence-corrected chi connectivity index (χ4v) is 2.65. The summed E-state index contributed by atoms with van der Waals surface area (Å²) in [5.41, 5.74) is 0.114. The van der Waals surface area contributed by atoms with Crippen LogP contribution in [0.3, 0.4) is 0 Å². The van der Waals surface area contributed by atoms with E-state index < -0.39 is 11.0 Å². The number of H-pyrrole nitrogens is 1. The molecule has 1 unspecified atom stereocenters. The quantitative estimate of drug-likeness (QED) is 0.803. The van der Waals surface area contributed by atoms with Crippen LogP contribution in [0.4, 0.5) is 4.39 Å². The van der Waals surface area contributed by atoms with Gasteiger partial charge in [-0.15, -0.1) is 5.10 Å². The van der Waals surface area contributed by atoms with Gasteiger partial charge in [-0.25, -0.2) is 4.39 Å². The summed E-state index contributed by atoms with van der Waals surface area (Å²) in [6, 6.07) is 0. The third-order valence-corrected chi connectivity index (χ3v) is 4.40. The molecular formula is C12H21BFN3. The van der Waals surface area contributed by atoms with E-state index >= 15 is 4.39 Å². The third kappa shape index (κ3) is 2.00. The number of hydrogen-bond donors (Lipinski definition) is 1. The zero-order valence-electron chi connectivity index (χ0n) is 11.0. The number of aromatic amines is 1. The maximum atomic E-state index is 15.5. The predicted octanol–water partition coefficient (Wildman–Crippen LogP) is 2.77. The Morgan fingerprint density at radius 3 is 2.82 bits per heavy atom. The van der Waals surface area contributed by atoms with Gasteiger partial charge in [-0.3, -0.25) is 5.10 Å². The Hall–Kier alpha value is -0.865. The van der Waals surface area contributed by atoms with Crippen LogP contribution in [-0.4, -0.2) is 22.7 Å². The monoisotopic (exact) mass is 237 g/mol. The van der Waals surface area contributed by atoms with E-state index in [2.05, 4.69) is 15.4 Å². The number of fused-ring (bicyclic) bond motifs is 1. The van der Waals surface area contributed by atoms with Crippen molar-refractivity contribution in [1.29, 1.82) is 0 Å². The van der Waals surface area contributed by atoms with E-state index in [0.29, 0.717) is 12.1 Å². The molecule has 3 nitrogen and oxygen atoms in total. The second-order valence-corrected chi connectivity index (χ2v) is 5.74. The Morgan fingerprint density at radius 1 is 1.35 bits per heavy atom. The molecule has 0 amide bonds. The zero-order valence-corrected chi connectivity index (χ0v) is 11.0. The van der Waals surface area contributed by atoms with Crippen molar-refractivity contribution in [2.24, 2.45) is 0 Å². The lowest BCUT2D eigenvalue weighted by Gasteiger charge is -2.39. The average molecular weight is 237 g/mol. The minimum Gasteiger partial charge on any atom is -0.262 e. The molecule has 1 aliphatic rings. The standard InChI is InChI=1S/C12H21BFN3/c1-11(2,13-3)12(14)8-6-4-5-7-9-10(12)16-17-15-9/h13H,4-8H2,1-3H3,(H,15,16,17).